The lowest BCUT2D eigenvalue weighted by Crippen LogP contribution is -2.51. The van der Waals surface area contributed by atoms with Crippen LogP contribution in [0.1, 0.15) is 59.3 Å². The predicted molar refractivity (Wildman–Crippen MR) is 73.9 cm³/mol. The average Bonchev–Trinajstić information content (AvgIpc) is 2.39. The molecule has 2 heterocycles. The van der Waals surface area contributed by atoms with Crippen LogP contribution in [0, 0.1) is 0 Å². The minimum absolute atomic E-state index is 0.132. The van der Waals surface area contributed by atoms with Crippen LogP contribution in [0.15, 0.2) is 0 Å². The molecule has 0 aromatic heterocycles. The topological polar surface area (TPSA) is 30.5 Å². The molecule has 3 heteroatoms. The number of hydrogen-bond acceptors (Lipinski definition) is 3. The predicted octanol–water partition coefficient (Wildman–Crippen LogP) is 2.88. The summed E-state index contributed by atoms with van der Waals surface area (Å²) >= 11 is 0. The molecule has 2 aliphatic heterocycles. The van der Waals surface area contributed by atoms with Crippen LogP contribution in [0.25, 0.3) is 0 Å². The number of rotatable bonds is 4. The third-order valence-electron chi connectivity index (χ3n) is 4.74. The van der Waals surface area contributed by atoms with E-state index in [0.717, 1.165) is 45.3 Å². The second kappa shape index (κ2) is 6.36. The van der Waals surface area contributed by atoms with E-state index in [9.17, 15) is 0 Å². The van der Waals surface area contributed by atoms with Gasteiger partial charge >= 0.3 is 0 Å². The number of nitrogens with one attached hydrogen (secondary N) is 1. The van der Waals surface area contributed by atoms with Crippen molar-refractivity contribution in [1.82, 2.24) is 5.32 Å². The molecule has 0 aromatic carbocycles. The molecule has 1 N–H and O–H groups in total. The second-order valence-corrected chi connectivity index (χ2v) is 6.00. The van der Waals surface area contributed by atoms with Crippen molar-refractivity contribution in [1.29, 1.82) is 0 Å². The Balaban J connectivity index is 1.85. The van der Waals surface area contributed by atoms with Crippen molar-refractivity contribution >= 4 is 0 Å². The van der Waals surface area contributed by atoms with Crippen LogP contribution < -0.4 is 5.32 Å². The Kier molecular flexibility index (Phi) is 5.05. The molecule has 0 amide bonds. The molecule has 0 spiro atoms. The number of hydrogen-bond donors (Lipinski definition) is 1. The van der Waals surface area contributed by atoms with E-state index >= 15 is 0 Å². The van der Waals surface area contributed by atoms with Gasteiger partial charge in [0, 0.05) is 25.3 Å². The van der Waals surface area contributed by atoms with Crippen LogP contribution >= 0.6 is 0 Å². The Morgan fingerprint density at radius 1 is 1.11 bits per heavy atom. The van der Waals surface area contributed by atoms with E-state index in [4.69, 9.17) is 9.47 Å². The van der Waals surface area contributed by atoms with Crippen molar-refractivity contribution in [2.45, 2.75) is 83.1 Å². The van der Waals surface area contributed by atoms with E-state index in [1.807, 2.05) is 0 Å². The average molecular weight is 255 g/mol. The zero-order chi connectivity index (χ0) is 13.0. The molecule has 18 heavy (non-hydrogen) atoms. The van der Waals surface area contributed by atoms with E-state index in [0.29, 0.717) is 18.2 Å². The highest BCUT2D eigenvalue weighted by molar-refractivity contribution is 4.90. The highest BCUT2D eigenvalue weighted by atomic mass is 16.5. The molecule has 2 saturated heterocycles. The largest absolute Gasteiger partial charge is 0.378 e. The molecule has 0 saturated carbocycles. The van der Waals surface area contributed by atoms with Crippen molar-refractivity contribution in [3.05, 3.63) is 0 Å². The van der Waals surface area contributed by atoms with E-state index in [1.165, 1.54) is 6.42 Å². The molecule has 0 aliphatic carbocycles. The summed E-state index contributed by atoms with van der Waals surface area (Å²) in [5, 5.41) is 3.85. The van der Waals surface area contributed by atoms with Crippen LogP contribution in [-0.4, -0.2) is 37.0 Å². The fourth-order valence-electron chi connectivity index (χ4n) is 3.40. The maximum atomic E-state index is 6.04. The summed E-state index contributed by atoms with van der Waals surface area (Å²) < 4.78 is 11.7. The van der Waals surface area contributed by atoms with Gasteiger partial charge in [-0.25, -0.2) is 0 Å². The maximum Gasteiger partial charge on any atom is 0.0692 e. The van der Waals surface area contributed by atoms with Crippen molar-refractivity contribution in [3.63, 3.8) is 0 Å². The van der Waals surface area contributed by atoms with Gasteiger partial charge in [-0.1, -0.05) is 13.8 Å². The lowest BCUT2D eigenvalue weighted by Gasteiger charge is -2.42. The monoisotopic (exact) mass is 255 g/mol. The summed E-state index contributed by atoms with van der Waals surface area (Å²) in [5.41, 5.74) is 0.132. The smallest absolute Gasteiger partial charge is 0.0692 e. The standard InChI is InChI=1S/C15H29NO2/c1-4-15(5-2)11-14(7-9-18-15)16-13-6-8-17-12(3)10-13/h12-14,16H,4-11H2,1-3H3. The molecule has 106 valence electrons. The Morgan fingerprint density at radius 3 is 2.50 bits per heavy atom. The fourth-order valence-corrected chi connectivity index (χ4v) is 3.40. The first-order chi connectivity index (χ1) is 8.67. The molecule has 3 nitrogen and oxygen atoms in total. The third kappa shape index (κ3) is 3.46. The second-order valence-electron chi connectivity index (χ2n) is 6.00. The van der Waals surface area contributed by atoms with E-state index < -0.39 is 0 Å². The van der Waals surface area contributed by atoms with Gasteiger partial charge in [-0.2, -0.15) is 0 Å². The first kappa shape index (κ1) is 14.3. The first-order valence-electron chi connectivity index (χ1n) is 7.69. The zero-order valence-corrected chi connectivity index (χ0v) is 12.2. The SMILES string of the molecule is CCC1(CC)CC(NC2CCOC(C)C2)CCO1. The Bertz CT molecular complexity index is 253. The Hall–Kier alpha value is -0.120. The van der Waals surface area contributed by atoms with Crippen LogP contribution in [-0.2, 0) is 9.47 Å². The third-order valence-corrected chi connectivity index (χ3v) is 4.74. The highest BCUT2D eigenvalue weighted by Crippen LogP contribution is 2.32. The van der Waals surface area contributed by atoms with E-state index in [1.54, 1.807) is 0 Å². The molecule has 2 rings (SSSR count). The normalized spacial score (nSPS) is 36.5. The molecular weight excluding hydrogens is 226 g/mol. The quantitative estimate of drug-likeness (QED) is 0.838. The molecule has 0 bridgehead atoms. The molecule has 3 unspecified atom stereocenters. The molecule has 0 radical (unpaired) electrons. The van der Waals surface area contributed by atoms with Gasteiger partial charge in [0.1, 0.15) is 0 Å². The minimum Gasteiger partial charge on any atom is -0.378 e. The molecule has 2 fully saturated rings. The van der Waals surface area contributed by atoms with Gasteiger partial charge < -0.3 is 14.8 Å². The summed E-state index contributed by atoms with van der Waals surface area (Å²) in [7, 11) is 0. The van der Waals surface area contributed by atoms with Crippen molar-refractivity contribution < 1.29 is 9.47 Å². The minimum atomic E-state index is 0.132. The van der Waals surface area contributed by atoms with E-state index in [-0.39, 0.29) is 5.60 Å². The van der Waals surface area contributed by atoms with Gasteiger partial charge in [-0.15, -0.1) is 0 Å². The summed E-state index contributed by atoms with van der Waals surface area (Å²) in [5.74, 6) is 0. The molecular formula is C15H29NO2. The zero-order valence-electron chi connectivity index (χ0n) is 12.2. The van der Waals surface area contributed by atoms with Crippen LogP contribution in [0.2, 0.25) is 0 Å². The first-order valence-corrected chi connectivity index (χ1v) is 7.69. The van der Waals surface area contributed by atoms with Gasteiger partial charge in [-0.05, 0) is 45.4 Å². The van der Waals surface area contributed by atoms with Crippen molar-refractivity contribution in [2.24, 2.45) is 0 Å². The van der Waals surface area contributed by atoms with Gasteiger partial charge in [-0.3, -0.25) is 0 Å². The summed E-state index contributed by atoms with van der Waals surface area (Å²) in [6, 6.07) is 1.28. The van der Waals surface area contributed by atoms with Crippen LogP contribution in [0.3, 0.4) is 0 Å². The number of ether oxygens (including phenoxy) is 2. The molecule has 3 atom stereocenters. The molecule has 2 aliphatic rings. The summed E-state index contributed by atoms with van der Waals surface area (Å²) in [4.78, 5) is 0. The summed E-state index contributed by atoms with van der Waals surface area (Å²) in [6.45, 7) is 8.51. The fraction of sp³-hybridized carbons (Fsp3) is 1.00. The van der Waals surface area contributed by atoms with Gasteiger partial charge in [0.2, 0.25) is 0 Å². The van der Waals surface area contributed by atoms with Gasteiger partial charge in [0.15, 0.2) is 0 Å². The Labute approximate surface area is 112 Å². The Morgan fingerprint density at radius 2 is 1.83 bits per heavy atom. The lowest BCUT2D eigenvalue weighted by molar-refractivity contribution is -0.0960. The molecule has 0 aromatic rings. The van der Waals surface area contributed by atoms with E-state index in [2.05, 4.69) is 26.1 Å². The van der Waals surface area contributed by atoms with Gasteiger partial charge in [0.05, 0.1) is 11.7 Å². The van der Waals surface area contributed by atoms with Crippen LogP contribution in [0.5, 0.6) is 0 Å². The van der Waals surface area contributed by atoms with Gasteiger partial charge in [0.25, 0.3) is 0 Å². The van der Waals surface area contributed by atoms with Crippen LogP contribution in [0.4, 0.5) is 0 Å². The lowest BCUT2D eigenvalue weighted by atomic mass is 9.85. The van der Waals surface area contributed by atoms with Crippen molar-refractivity contribution in [3.8, 4) is 0 Å². The summed E-state index contributed by atoms with van der Waals surface area (Å²) in [6.07, 6.45) is 7.32. The maximum absolute atomic E-state index is 6.04. The van der Waals surface area contributed by atoms with Crippen molar-refractivity contribution in [2.75, 3.05) is 13.2 Å². The highest BCUT2D eigenvalue weighted by Gasteiger charge is 2.35.